The van der Waals surface area contributed by atoms with Crippen LogP contribution < -0.4 is 0 Å². The minimum atomic E-state index is -0.595. The Kier molecular flexibility index (Phi) is 3.62. The second-order valence-electron chi connectivity index (χ2n) is 5.71. The molecule has 1 aromatic rings. The van der Waals surface area contributed by atoms with Crippen LogP contribution in [0.4, 0.5) is 0 Å². The van der Waals surface area contributed by atoms with E-state index < -0.39 is 5.60 Å². The van der Waals surface area contributed by atoms with Crippen LogP contribution in [0.5, 0.6) is 0 Å². The molecule has 0 bridgehead atoms. The Morgan fingerprint density at radius 1 is 1.59 bits per heavy atom. The molecule has 0 amide bonds. The van der Waals surface area contributed by atoms with Crippen molar-refractivity contribution >= 4 is 11.3 Å². The van der Waals surface area contributed by atoms with Crippen molar-refractivity contribution in [3.63, 3.8) is 0 Å². The fraction of sp³-hybridized carbons (Fsp3) is 0.714. The Morgan fingerprint density at radius 3 is 2.94 bits per heavy atom. The van der Waals surface area contributed by atoms with Crippen LogP contribution in [0.25, 0.3) is 0 Å². The number of rotatable bonds is 3. The highest BCUT2D eigenvalue weighted by Crippen LogP contribution is 2.34. The second-order valence-corrected chi connectivity index (χ2v) is 6.71. The average Bonchev–Trinajstić information content (AvgIpc) is 2.70. The minimum Gasteiger partial charge on any atom is -0.389 e. The molecule has 2 nitrogen and oxygen atoms in total. The van der Waals surface area contributed by atoms with Gasteiger partial charge in [0.05, 0.1) is 5.60 Å². The van der Waals surface area contributed by atoms with Crippen LogP contribution in [0.3, 0.4) is 0 Å². The van der Waals surface area contributed by atoms with Gasteiger partial charge in [-0.1, -0.05) is 13.8 Å². The van der Waals surface area contributed by atoms with E-state index in [-0.39, 0.29) is 0 Å². The molecule has 17 heavy (non-hydrogen) atoms. The molecule has 0 saturated heterocycles. The van der Waals surface area contributed by atoms with Gasteiger partial charge in [0.25, 0.3) is 0 Å². The maximum atomic E-state index is 10.4. The summed E-state index contributed by atoms with van der Waals surface area (Å²) in [6, 6.07) is 2.68. The maximum absolute atomic E-state index is 10.4. The van der Waals surface area contributed by atoms with Crippen molar-refractivity contribution in [3.05, 3.63) is 21.9 Å². The lowest BCUT2D eigenvalue weighted by molar-refractivity contribution is -0.0293. The van der Waals surface area contributed by atoms with E-state index in [1.165, 1.54) is 10.4 Å². The van der Waals surface area contributed by atoms with Crippen LogP contribution in [0, 0.1) is 5.92 Å². The van der Waals surface area contributed by atoms with E-state index in [1.54, 1.807) is 0 Å². The summed E-state index contributed by atoms with van der Waals surface area (Å²) in [4.78, 5) is 3.94. The molecule has 2 unspecified atom stereocenters. The number of hydrogen-bond acceptors (Lipinski definition) is 3. The monoisotopic (exact) mass is 253 g/mol. The molecule has 2 rings (SSSR count). The van der Waals surface area contributed by atoms with Crippen LogP contribution in [0.2, 0.25) is 0 Å². The van der Waals surface area contributed by atoms with E-state index in [1.807, 2.05) is 18.3 Å². The van der Waals surface area contributed by atoms with Crippen molar-refractivity contribution in [3.8, 4) is 0 Å². The molecule has 96 valence electrons. The van der Waals surface area contributed by atoms with Crippen LogP contribution in [-0.4, -0.2) is 28.7 Å². The van der Waals surface area contributed by atoms with Gasteiger partial charge in [-0.2, -0.15) is 0 Å². The number of aliphatic hydroxyl groups is 1. The SMILES string of the molecule is CC1c2ccsc2CCN1CC(C)(O)C(C)C. The summed E-state index contributed by atoms with van der Waals surface area (Å²) < 4.78 is 0. The first-order valence-electron chi connectivity index (χ1n) is 6.44. The zero-order valence-corrected chi connectivity index (χ0v) is 12.0. The van der Waals surface area contributed by atoms with E-state index in [2.05, 4.69) is 37.1 Å². The van der Waals surface area contributed by atoms with Gasteiger partial charge in [0.15, 0.2) is 0 Å². The first-order chi connectivity index (χ1) is 7.92. The molecule has 0 radical (unpaired) electrons. The average molecular weight is 253 g/mol. The second kappa shape index (κ2) is 4.71. The first kappa shape index (κ1) is 13.1. The molecule has 1 N–H and O–H groups in total. The molecule has 0 fully saturated rings. The molecule has 0 aromatic carbocycles. The summed E-state index contributed by atoms with van der Waals surface area (Å²) >= 11 is 1.87. The molecular weight excluding hydrogens is 230 g/mol. The molecule has 0 saturated carbocycles. The fourth-order valence-electron chi connectivity index (χ4n) is 2.37. The molecule has 3 heteroatoms. The minimum absolute atomic E-state index is 0.290. The highest BCUT2D eigenvalue weighted by molar-refractivity contribution is 7.10. The largest absolute Gasteiger partial charge is 0.389 e. The van der Waals surface area contributed by atoms with Crippen LogP contribution in [-0.2, 0) is 6.42 Å². The van der Waals surface area contributed by atoms with Gasteiger partial charge in [0.2, 0.25) is 0 Å². The van der Waals surface area contributed by atoms with Gasteiger partial charge in [-0.15, -0.1) is 11.3 Å². The molecule has 1 aliphatic heterocycles. The van der Waals surface area contributed by atoms with Gasteiger partial charge in [0, 0.05) is 24.0 Å². The third-order valence-corrected chi connectivity index (χ3v) is 5.17. The van der Waals surface area contributed by atoms with Crippen LogP contribution in [0.1, 0.15) is 44.2 Å². The number of fused-ring (bicyclic) bond motifs is 1. The number of hydrogen-bond donors (Lipinski definition) is 1. The topological polar surface area (TPSA) is 23.5 Å². The predicted molar refractivity (Wildman–Crippen MR) is 73.5 cm³/mol. The highest BCUT2D eigenvalue weighted by atomic mass is 32.1. The summed E-state index contributed by atoms with van der Waals surface area (Å²) in [5, 5.41) is 12.6. The standard InChI is InChI=1S/C14H23NOS/c1-10(2)14(4,16)9-15-7-5-13-12(11(15)3)6-8-17-13/h6,8,10-11,16H,5,7,9H2,1-4H3. The summed E-state index contributed by atoms with van der Waals surface area (Å²) in [5.41, 5.74) is 0.864. The summed E-state index contributed by atoms with van der Waals surface area (Å²) in [7, 11) is 0. The van der Waals surface area contributed by atoms with Crippen molar-refractivity contribution in [2.45, 2.75) is 45.8 Å². The molecular formula is C14H23NOS. The van der Waals surface area contributed by atoms with E-state index in [0.717, 1.165) is 19.5 Å². The first-order valence-corrected chi connectivity index (χ1v) is 7.32. The van der Waals surface area contributed by atoms with Crippen LogP contribution >= 0.6 is 11.3 Å². The Bertz CT molecular complexity index is 383. The van der Waals surface area contributed by atoms with Crippen LogP contribution in [0.15, 0.2) is 11.4 Å². The number of β-amino-alcohol motifs (C(OH)–C–C–N with tert-alkyl or cyclic N) is 1. The van der Waals surface area contributed by atoms with Crippen molar-refractivity contribution in [1.82, 2.24) is 4.90 Å². The predicted octanol–water partition coefficient (Wildman–Crippen LogP) is 3.07. The van der Waals surface area contributed by atoms with Gasteiger partial charge >= 0.3 is 0 Å². The zero-order valence-electron chi connectivity index (χ0n) is 11.2. The molecule has 1 aromatic heterocycles. The van der Waals surface area contributed by atoms with Gasteiger partial charge in [-0.25, -0.2) is 0 Å². The van der Waals surface area contributed by atoms with E-state index >= 15 is 0 Å². The van der Waals surface area contributed by atoms with Gasteiger partial charge < -0.3 is 5.11 Å². The van der Waals surface area contributed by atoms with Crippen molar-refractivity contribution in [1.29, 1.82) is 0 Å². The van der Waals surface area contributed by atoms with E-state index in [4.69, 9.17) is 0 Å². The van der Waals surface area contributed by atoms with Gasteiger partial charge in [0.1, 0.15) is 0 Å². The van der Waals surface area contributed by atoms with E-state index in [9.17, 15) is 5.11 Å². The quantitative estimate of drug-likeness (QED) is 0.895. The van der Waals surface area contributed by atoms with Crippen molar-refractivity contribution in [2.24, 2.45) is 5.92 Å². The fourth-order valence-corrected chi connectivity index (χ4v) is 3.33. The molecule has 2 atom stereocenters. The zero-order chi connectivity index (χ0) is 12.6. The normalized spacial score (nSPS) is 24.7. The van der Waals surface area contributed by atoms with Gasteiger partial charge in [-0.05, 0) is 43.2 Å². The summed E-state index contributed by atoms with van der Waals surface area (Å²) in [6.45, 7) is 10.2. The number of nitrogens with zero attached hydrogens (tertiary/aromatic N) is 1. The third-order valence-electron chi connectivity index (χ3n) is 4.17. The van der Waals surface area contributed by atoms with Crippen molar-refractivity contribution < 1.29 is 5.11 Å². The van der Waals surface area contributed by atoms with E-state index in [0.29, 0.717) is 12.0 Å². The lowest BCUT2D eigenvalue weighted by atomic mass is 9.90. The summed E-state index contributed by atoms with van der Waals surface area (Å²) in [5.74, 6) is 0.290. The Hall–Kier alpha value is -0.380. The maximum Gasteiger partial charge on any atom is 0.0769 e. The summed E-state index contributed by atoms with van der Waals surface area (Å²) in [6.07, 6.45) is 1.13. The lowest BCUT2D eigenvalue weighted by Crippen LogP contribution is -2.47. The van der Waals surface area contributed by atoms with Gasteiger partial charge in [-0.3, -0.25) is 4.90 Å². The Balaban J connectivity index is 2.10. The lowest BCUT2D eigenvalue weighted by Gasteiger charge is -2.40. The number of thiophene rings is 1. The molecule has 1 aliphatic rings. The highest BCUT2D eigenvalue weighted by Gasteiger charge is 2.32. The molecule has 0 aliphatic carbocycles. The third kappa shape index (κ3) is 2.56. The molecule has 2 heterocycles. The Labute approximate surface area is 108 Å². The molecule has 0 spiro atoms. The van der Waals surface area contributed by atoms with Crippen molar-refractivity contribution in [2.75, 3.05) is 13.1 Å². The smallest absolute Gasteiger partial charge is 0.0769 e. The Morgan fingerprint density at radius 2 is 2.29 bits per heavy atom.